The second-order valence-electron chi connectivity index (χ2n) is 4.42. The summed E-state index contributed by atoms with van der Waals surface area (Å²) in [4.78, 5) is 4.31. The second kappa shape index (κ2) is 5.15. The van der Waals surface area contributed by atoms with Crippen molar-refractivity contribution in [3.8, 4) is 6.07 Å². The molecule has 0 spiro atoms. The topological polar surface area (TPSA) is 30.3 Å². The molecule has 90 valence electrons. The lowest BCUT2D eigenvalue weighted by molar-refractivity contribution is 0.360. The van der Waals surface area contributed by atoms with Gasteiger partial charge in [-0.05, 0) is 38.2 Å². The van der Waals surface area contributed by atoms with E-state index in [1.165, 1.54) is 6.07 Å². The molecule has 0 aromatic heterocycles. The third-order valence-corrected chi connectivity index (χ3v) is 3.14. The fourth-order valence-electron chi connectivity index (χ4n) is 2.12. The number of hydrogen-bond acceptors (Lipinski definition) is 3. The first kappa shape index (κ1) is 11.9. The van der Waals surface area contributed by atoms with Gasteiger partial charge < -0.3 is 9.80 Å². The molecule has 0 saturated carbocycles. The first-order valence-corrected chi connectivity index (χ1v) is 5.84. The largest absolute Gasteiger partial charge is 0.368 e. The number of benzene rings is 1. The zero-order valence-electron chi connectivity index (χ0n) is 9.99. The van der Waals surface area contributed by atoms with E-state index in [1.807, 2.05) is 6.07 Å². The first-order valence-electron chi connectivity index (χ1n) is 5.84. The highest BCUT2D eigenvalue weighted by Gasteiger charge is 2.15. The molecule has 1 aliphatic heterocycles. The molecule has 1 aromatic carbocycles. The summed E-state index contributed by atoms with van der Waals surface area (Å²) in [6.45, 7) is 3.69. The normalized spacial score (nSPS) is 17.6. The average Bonchev–Trinajstić information content (AvgIpc) is 2.54. The minimum atomic E-state index is -0.298. The molecule has 4 heteroatoms. The Morgan fingerprint density at radius 2 is 2.06 bits per heavy atom. The van der Waals surface area contributed by atoms with Crippen LogP contribution in [0.1, 0.15) is 12.0 Å². The summed E-state index contributed by atoms with van der Waals surface area (Å²) in [5.41, 5.74) is 0.984. The highest BCUT2D eigenvalue weighted by Crippen LogP contribution is 2.21. The van der Waals surface area contributed by atoms with Crippen molar-refractivity contribution in [1.29, 1.82) is 5.26 Å². The number of rotatable bonds is 1. The van der Waals surface area contributed by atoms with E-state index < -0.39 is 0 Å². The minimum Gasteiger partial charge on any atom is -0.368 e. The van der Waals surface area contributed by atoms with Crippen LogP contribution in [0.15, 0.2) is 18.2 Å². The Morgan fingerprint density at radius 1 is 1.24 bits per heavy atom. The van der Waals surface area contributed by atoms with Crippen molar-refractivity contribution >= 4 is 5.69 Å². The summed E-state index contributed by atoms with van der Waals surface area (Å²) >= 11 is 0. The standard InChI is InChI=1S/C13H16FN3/c1-16-5-2-6-17(8-7-16)13-4-3-11(10-15)9-12(13)14/h3-4,9H,2,5-8H2,1H3. The van der Waals surface area contributed by atoms with Crippen LogP contribution >= 0.6 is 0 Å². The van der Waals surface area contributed by atoms with Gasteiger partial charge in [-0.1, -0.05) is 0 Å². The summed E-state index contributed by atoms with van der Waals surface area (Å²) in [5, 5.41) is 8.71. The van der Waals surface area contributed by atoms with Crippen LogP contribution in [0.5, 0.6) is 0 Å². The minimum absolute atomic E-state index is 0.298. The SMILES string of the molecule is CN1CCCN(c2ccc(C#N)cc2F)CC1. The summed E-state index contributed by atoms with van der Waals surface area (Å²) in [6.07, 6.45) is 1.04. The molecule has 0 amide bonds. The first-order chi connectivity index (χ1) is 8.20. The third-order valence-electron chi connectivity index (χ3n) is 3.14. The molecule has 0 atom stereocenters. The summed E-state index contributed by atoms with van der Waals surface area (Å²) < 4.78 is 13.8. The van der Waals surface area contributed by atoms with E-state index in [0.29, 0.717) is 11.3 Å². The monoisotopic (exact) mass is 233 g/mol. The maximum Gasteiger partial charge on any atom is 0.147 e. The summed E-state index contributed by atoms with van der Waals surface area (Å²) in [6, 6.07) is 6.64. The molecule has 1 aliphatic rings. The fourth-order valence-corrected chi connectivity index (χ4v) is 2.12. The molecule has 1 fully saturated rings. The van der Waals surface area contributed by atoms with Crippen LogP contribution in [0, 0.1) is 17.1 Å². The van der Waals surface area contributed by atoms with Gasteiger partial charge in [0.05, 0.1) is 17.3 Å². The summed E-state index contributed by atoms with van der Waals surface area (Å²) in [7, 11) is 2.08. The van der Waals surface area contributed by atoms with Gasteiger partial charge in [0.15, 0.2) is 0 Å². The van der Waals surface area contributed by atoms with Crippen molar-refractivity contribution in [3.05, 3.63) is 29.6 Å². The van der Waals surface area contributed by atoms with Gasteiger partial charge in [-0.2, -0.15) is 5.26 Å². The number of anilines is 1. The predicted octanol–water partition coefficient (Wildman–Crippen LogP) is 1.84. The predicted molar refractivity (Wildman–Crippen MR) is 65.4 cm³/mol. The Morgan fingerprint density at radius 3 is 2.76 bits per heavy atom. The lowest BCUT2D eigenvalue weighted by atomic mass is 10.2. The van der Waals surface area contributed by atoms with Crippen molar-refractivity contribution < 1.29 is 4.39 Å². The van der Waals surface area contributed by atoms with Gasteiger partial charge in [0.25, 0.3) is 0 Å². The Hall–Kier alpha value is -1.60. The second-order valence-corrected chi connectivity index (χ2v) is 4.42. The maximum absolute atomic E-state index is 13.8. The smallest absolute Gasteiger partial charge is 0.147 e. The van der Waals surface area contributed by atoms with Crippen LogP contribution in [0.4, 0.5) is 10.1 Å². The molecular weight excluding hydrogens is 217 g/mol. The molecule has 0 N–H and O–H groups in total. The third kappa shape index (κ3) is 2.75. The van der Waals surface area contributed by atoms with Crippen LogP contribution in [-0.2, 0) is 0 Å². The number of halogens is 1. The van der Waals surface area contributed by atoms with Gasteiger partial charge in [-0.25, -0.2) is 4.39 Å². The molecule has 0 bridgehead atoms. The van der Waals surface area contributed by atoms with Crippen molar-refractivity contribution in [2.75, 3.05) is 38.1 Å². The molecular formula is C13H16FN3. The van der Waals surface area contributed by atoms with Crippen molar-refractivity contribution in [2.45, 2.75) is 6.42 Å². The van der Waals surface area contributed by atoms with Crippen molar-refractivity contribution in [2.24, 2.45) is 0 Å². The molecule has 0 unspecified atom stereocenters. The highest BCUT2D eigenvalue weighted by atomic mass is 19.1. The maximum atomic E-state index is 13.8. The molecule has 3 nitrogen and oxygen atoms in total. The van der Waals surface area contributed by atoms with E-state index in [1.54, 1.807) is 12.1 Å². The van der Waals surface area contributed by atoms with E-state index in [9.17, 15) is 4.39 Å². The van der Waals surface area contributed by atoms with Crippen molar-refractivity contribution in [1.82, 2.24) is 4.90 Å². The lowest BCUT2D eigenvalue weighted by Gasteiger charge is -2.23. The van der Waals surface area contributed by atoms with E-state index in [0.717, 1.165) is 32.6 Å². The Bertz CT molecular complexity index is 439. The Balaban J connectivity index is 2.19. The fraction of sp³-hybridized carbons (Fsp3) is 0.462. The molecule has 0 radical (unpaired) electrons. The summed E-state index contributed by atoms with van der Waals surface area (Å²) in [5.74, 6) is -0.298. The van der Waals surface area contributed by atoms with Gasteiger partial charge in [-0.3, -0.25) is 0 Å². The lowest BCUT2D eigenvalue weighted by Crippen LogP contribution is -2.29. The van der Waals surface area contributed by atoms with Crippen LogP contribution in [0.3, 0.4) is 0 Å². The average molecular weight is 233 g/mol. The van der Waals surface area contributed by atoms with Crippen LogP contribution in [0.2, 0.25) is 0 Å². The highest BCUT2D eigenvalue weighted by molar-refractivity contribution is 5.51. The van der Waals surface area contributed by atoms with Gasteiger partial charge in [0.2, 0.25) is 0 Å². The van der Waals surface area contributed by atoms with Crippen molar-refractivity contribution in [3.63, 3.8) is 0 Å². The molecule has 0 aliphatic carbocycles. The molecule has 1 saturated heterocycles. The Labute approximate surface area is 101 Å². The van der Waals surface area contributed by atoms with Crippen LogP contribution < -0.4 is 4.90 Å². The molecule has 17 heavy (non-hydrogen) atoms. The zero-order valence-corrected chi connectivity index (χ0v) is 9.99. The number of nitrogens with zero attached hydrogens (tertiary/aromatic N) is 3. The van der Waals surface area contributed by atoms with E-state index in [2.05, 4.69) is 16.8 Å². The number of nitriles is 1. The van der Waals surface area contributed by atoms with Gasteiger partial charge in [0, 0.05) is 19.6 Å². The van der Waals surface area contributed by atoms with E-state index in [4.69, 9.17) is 5.26 Å². The Kier molecular flexibility index (Phi) is 3.60. The molecule has 1 aromatic rings. The quantitative estimate of drug-likeness (QED) is 0.741. The van der Waals surface area contributed by atoms with E-state index in [-0.39, 0.29) is 5.82 Å². The van der Waals surface area contributed by atoms with Crippen LogP contribution in [0.25, 0.3) is 0 Å². The van der Waals surface area contributed by atoms with Gasteiger partial charge in [-0.15, -0.1) is 0 Å². The van der Waals surface area contributed by atoms with E-state index >= 15 is 0 Å². The van der Waals surface area contributed by atoms with Crippen LogP contribution in [-0.4, -0.2) is 38.1 Å². The number of hydrogen-bond donors (Lipinski definition) is 0. The number of likely N-dealkylation sites (N-methyl/N-ethyl adjacent to an activating group) is 1. The van der Waals surface area contributed by atoms with Gasteiger partial charge in [0.1, 0.15) is 5.82 Å². The molecule has 1 heterocycles. The van der Waals surface area contributed by atoms with Gasteiger partial charge >= 0.3 is 0 Å². The molecule has 2 rings (SSSR count). The zero-order chi connectivity index (χ0) is 12.3.